The van der Waals surface area contributed by atoms with Gasteiger partial charge in [-0.25, -0.2) is 4.98 Å². The number of nitriles is 1. The van der Waals surface area contributed by atoms with E-state index in [0.29, 0.717) is 54.2 Å². The maximum Gasteiger partial charge on any atom is 0.256 e. The van der Waals surface area contributed by atoms with Gasteiger partial charge in [0.2, 0.25) is 0 Å². The van der Waals surface area contributed by atoms with Crippen LogP contribution in [0.5, 0.6) is 0 Å². The SMILES string of the molecule is N#Cc1cccnc1N1CCN(C(=O)c2cccc3nccnc23)CC1. The van der Waals surface area contributed by atoms with Crippen LogP contribution in [0.25, 0.3) is 11.0 Å². The van der Waals surface area contributed by atoms with Crippen molar-refractivity contribution in [1.82, 2.24) is 19.9 Å². The van der Waals surface area contributed by atoms with Crippen LogP contribution in [0.1, 0.15) is 15.9 Å². The third-order valence-electron chi connectivity index (χ3n) is 4.50. The lowest BCUT2D eigenvalue weighted by molar-refractivity contribution is 0.0748. The second-order valence-corrected chi connectivity index (χ2v) is 6.00. The quantitative estimate of drug-likeness (QED) is 0.705. The molecule has 7 heteroatoms. The summed E-state index contributed by atoms with van der Waals surface area (Å²) in [5.41, 5.74) is 2.46. The highest BCUT2D eigenvalue weighted by Crippen LogP contribution is 2.20. The largest absolute Gasteiger partial charge is 0.352 e. The molecule has 1 aromatic carbocycles. The number of hydrogen-bond donors (Lipinski definition) is 0. The number of amides is 1. The van der Waals surface area contributed by atoms with Crippen molar-refractivity contribution >= 4 is 22.8 Å². The molecule has 128 valence electrons. The molecule has 3 aromatic rings. The Balaban J connectivity index is 1.53. The summed E-state index contributed by atoms with van der Waals surface area (Å²) >= 11 is 0. The summed E-state index contributed by atoms with van der Waals surface area (Å²) in [7, 11) is 0. The van der Waals surface area contributed by atoms with Crippen molar-refractivity contribution in [1.29, 1.82) is 5.26 Å². The van der Waals surface area contributed by atoms with E-state index >= 15 is 0 Å². The third kappa shape index (κ3) is 2.82. The monoisotopic (exact) mass is 344 g/mol. The summed E-state index contributed by atoms with van der Waals surface area (Å²) in [4.78, 5) is 29.7. The van der Waals surface area contributed by atoms with Crippen LogP contribution in [0, 0.1) is 11.3 Å². The van der Waals surface area contributed by atoms with E-state index in [2.05, 4.69) is 21.0 Å². The molecule has 0 N–H and O–H groups in total. The fraction of sp³-hybridized carbons (Fsp3) is 0.211. The Hall–Kier alpha value is -3.53. The zero-order chi connectivity index (χ0) is 17.9. The fourth-order valence-electron chi connectivity index (χ4n) is 3.19. The van der Waals surface area contributed by atoms with Gasteiger partial charge in [-0.3, -0.25) is 14.8 Å². The van der Waals surface area contributed by atoms with Crippen LogP contribution in [0.4, 0.5) is 5.82 Å². The summed E-state index contributed by atoms with van der Waals surface area (Å²) in [6.45, 7) is 2.40. The average Bonchev–Trinajstić information content (AvgIpc) is 2.73. The predicted molar refractivity (Wildman–Crippen MR) is 96.6 cm³/mol. The number of anilines is 1. The number of pyridine rings is 1. The highest BCUT2D eigenvalue weighted by atomic mass is 16.2. The Morgan fingerprint density at radius 1 is 0.962 bits per heavy atom. The number of fused-ring (bicyclic) bond motifs is 1. The molecule has 1 fully saturated rings. The lowest BCUT2D eigenvalue weighted by atomic mass is 10.1. The van der Waals surface area contributed by atoms with Crippen molar-refractivity contribution in [3.63, 3.8) is 0 Å². The molecule has 0 saturated carbocycles. The lowest BCUT2D eigenvalue weighted by Gasteiger charge is -2.35. The summed E-state index contributed by atoms with van der Waals surface area (Å²) in [6, 6.07) is 11.2. The van der Waals surface area contributed by atoms with Gasteiger partial charge < -0.3 is 9.80 Å². The minimum atomic E-state index is -0.0442. The van der Waals surface area contributed by atoms with Gasteiger partial charge >= 0.3 is 0 Å². The minimum Gasteiger partial charge on any atom is -0.352 e. The minimum absolute atomic E-state index is 0.0442. The van der Waals surface area contributed by atoms with E-state index < -0.39 is 0 Å². The Morgan fingerprint density at radius 3 is 2.58 bits per heavy atom. The predicted octanol–water partition coefficient (Wildman–Crippen LogP) is 1.86. The van der Waals surface area contributed by atoms with Crippen LogP contribution >= 0.6 is 0 Å². The number of aromatic nitrogens is 3. The smallest absolute Gasteiger partial charge is 0.256 e. The van der Waals surface area contributed by atoms with Crippen molar-refractivity contribution in [2.45, 2.75) is 0 Å². The summed E-state index contributed by atoms with van der Waals surface area (Å²) in [5, 5.41) is 9.24. The molecule has 0 bridgehead atoms. The topological polar surface area (TPSA) is 86.0 Å². The van der Waals surface area contributed by atoms with E-state index in [0.717, 1.165) is 0 Å². The van der Waals surface area contributed by atoms with Crippen molar-refractivity contribution in [2.24, 2.45) is 0 Å². The van der Waals surface area contributed by atoms with E-state index in [1.165, 1.54) is 0 Å². The van der Waals surface area contributed by atoms with Crippen LogP contribution in [0.15, 0.2) is 48.9 Å². The number of piperazine rings is 1. The lowest BCUT2D eigenvalue weighted by Crippen LogP contribution is -2.49. The number of benzene rings is 1. The van der Waals surface area contributed by atoms with Gasteiger partial charge in [-0.05, 0) is 24.3 Å². The molecular weight excluding hydrogens is 328 g/mol. The van der Waals surface area contributed by atoms with E-state index in [4.69, 9.17) is 0 Å². The van der Waals surface area contributed by atoms with E-state index in [1.54, 1.807) is 36.8 Å². The third-order valence-corrected chi connectivity index (χ3v) is 4.50. The summed E-state index contributed by atoms with van der Waals surface area (Å²) in [6.07, 6.45) is 4.90. The van der Waals surface area contributed by atoms with Gasteiger partial charge in [0.15, 0.2) is 0 Å². The maximum absolute atomic E-state index is 13.0. The molecule has 4 rings (SSSR count). The first-order valence-corrected chi connectivity index (χ1v) is 8.37. The molecular formula is C19H16N6O. The van der Waals surface area contributed by atoms with Crippen LogP contribution < -0.4 is 4.90 Å². The van der Waals surface area contributed by atoms with Crippen LogP contribution in [0.2, 0.25) is 0 Å². The molecule has 1 saturated heterocycles. The van der Waals surface area contributed by atoms with Gasteiger partial charge in [0.25, 0.3) is 5.91 Å². The Morgan fingerprint density at radius 2 is 1.77 bits per heavy atom. The maximum atomic E-state index is 13.0. The van der Waals surface area contributed by atoms with Crippen molar-refractivity contribution in [2.75, 3.05) is 31.1 Å². The number of rotatable bonds is 2. The second-order valence-electron chi connectivity index (χ2n) is 6.00. The standard InChI is InChI=1S/C19H16N6O/c20-13-14-3-2-6-23-18(14)24-9-11-25(12-10-24)19(26)15-4-1-5-16-17(15)22-8-7-21-16/h1-8H,9-12H2. The van der Waals surface area contributed by atoms with Gasteiger partial charge in [0.1, 0.15) is 17.4 Å². The van der Waals surface area contributed by atoms with Crippen LogP contribution in [-0.2, 0) is 0 Å². The zero-order valence-electron chi connectivity index (χ0n) is 14.0. The molecule has 1 aliphatic heterocycles. The molecule has 1 aliphatic rings. The number of carbonyl (C=O) groups is 1. The number of hydrogen-bond acceptors (Lipinski definition) is 6. The van der Waals surface area contributed by atoms with Gasteiger partial charge in [-0.15, -0.1) is 0 Å². The first-order chi connectivity index (χ1) is 12.8. The second kappa shape index (κ2) is 6.76. The molecule has 2 aromatic heterocycles. The van der Waals surface area contributed by atoms with Gasteiger partial charge in [0, 0.05) is 44.8 Å². The molecule has 0 unspecified atom stereocenters. The van der Waals surface area contributed by atoms with Crippen molar-refractivity contribution in [3.05, 3.63) is 60.0 Å². The van der Waals surface area contributed by atoms with E-state index in [-0.39, 0.29) is 5.91 Å². The molecule has 3 heterocycles. The number of nitrogens with zero attached hydrogens (tertiary/aromatic N) is 6. The average molecular weight is 344 g/mol. The molecule has 1 amide bonds. The molecule has 0 spiro atoms. The molecule has 7 nitrogen and oxygen atoms in total. The Labute approximate surface area is 150 Å². The van der Waals surface area contributed by atoms with Gasteiger partial charge in [0.05, 0.1) is 16.6 Å². The number of para-hydroxylation sites is 1. The Bertz CT molecular complexity index is 999. The van der Waals surface area contributed by atoms with Crippen molar-refractivity contribution < 1.29 is 4.79 Å². The van der Waals surface area contributed by atoms with E-state index in [1.807, 2.05) is 21.9 Å². The first-order valence-electron chi connectivity index (χ1n) is 8.37. The van der Waals surface area contributed by atoms with E-state index in [9.17, 15) is 10.1 Å². The van der Waals surface area contributed by atoms with Crippen LogP contribution in [0.3, 0.4) is 0 Å². The zero-order valence-corrected chi connectivity index (χ0v) is 14.0. The first kappa shape index (κ1) is 16.0. The van der Waals surface area contributed by atoms with Gasteiger partial charge in [-0.2, -0.15) is 5.26 Å². The van der Waals surface area contributed by atoms with Crippen molar-refractivity contribution in [3.8, 4) is 6.07 Å². The summed E-state index contributed by atoms with van der Waals surface area (Å²) < 4.78 is 0. The molecule has 0 aliphatic carbocycles. The highest BCUT2D eigenvalue weighted by Gasteiger charge is 2.25. The van der Waals surface area contributed by atoms with Gasteiger partial charge in [-0.1, -0.05) is 6.07 Å². The fourth-order valence-corrected chi connectivity index (χ4v) is 3.19. The highest BCUT2D eigenvalue weighted by molar-refractivity contribution is 6.04. The summed E-state index contributed by atoms with van der Waals surface area (Å²) in [5.74, 6) is 0.635. The molecule has 0 radical (unpaired) electrons. The molecule has 0 atom stereocenters. The Kier molecular flexibility index (Phi) is 4.15. The number of carbonyl (C=O) groups excluding carboxylic acids is 1. The molecule has 26 heavy (non-hydrogen) atoms. The normalized spacial score (nSPS) is 14.3. The van der Waals surface area contributed by atoms with Crippen LogP contribution in [-0.4, -0.2) is 51.9 Å².